The van der Waals surface area contributed by atoms with E-state index in [1.807, 2.05) is 32.2 Å². The summed E-state index contributed by atoms with van der Waals surface area (Å²) in [5.74, 6) is 0.396. The van der Waals surface area contributed by atoms with E-state index in [4.69, 9.17) is 0 Å². The number of benzene rings is 1. The molecule has 0 atom stereocenters. The average Bonchev–Trinajstić information content (AvgIpc) is 3.09. The first-order valence-corrected chi connectivity index (χ1v) is 12.2. The van der Waals surface area contributed by atoms with Crippen LogP contribution in [0.5, 0.6) is 0 Å². The molecule has 4 aliphatic rings. The predicted molar refractivity (Wildman–Crippen MR) is 116 cm³/mol. The van der Waals surface area contributed by atoms with Gasteiger partial charge < -0.3 is 4.98 Å². The Balaban J connectivity index is 1.58. The molecule has 6 rings (SSSR count). The van der Waals surface area contributed by atoms with Gasteiger partial charge in [-0.2, -0.15) is 4.31 Å². The van der Waals surface area contributed by atoms with Crippen LogP contribution in [0.3, 0.4) is 0 Å². The second-order valence-electron chi connectivity index (χ2n) is 9.67. The SMILES string of the molecule is CCN(CC)S(=O)(=O)c1ccc2[nH]cc(C3N4CC5(C)CN3CC(C)(C4)C5=O)c2c1. The number of ketones is 1. The van der Waals surface area contributed by atoms with Gasteiger partial charge in [0.2, 0.25) is 10.0 Å². The van der Waals surface area contributed by atoms with Crippen molar-refractivity contribution in [1.29, 1.82) is 0 Å². The molecule has 4 saturated heterocycles. The lowest BCUT2D eigenvalue weighted by Gasteiger charge is -2.64. The zero-order chi connectivity index (χ0) is 21.5. The van der Waals surface area contributed by atoms with Crippen molar-refractivity contribution < 1.29 is 13.2 Å². The van der Waals surface area contributed by atoms with Crippen LogP contribution < -0.4 is 0 Å². The van der Waals surface area contributed by atoms with Gasteiger partial charge in [-0.05, 0) is 18.2 Å². The van der Waals surface area contributed by atoms with Gasteiger partial charge in [0, 0.05) is 61.9 Å². The topological polar surface area (TPSA) is 76.7 Å². The average molecular weight is 431 g/mol. The largest absolute Gasteiger partial charge is 0.361 e. The molecule has 8 heteroatoms. The number of piperidine rings is 2. The standard InChI is InChI=1S/C22H30N4O3S/c1-5-26(6-2)30(28,29)15-7-8-18-16(9-15)17(10-23-18)19-24-11-21(3)12-25(19)14-22(4,13-24)20(21)27/h7-10,19,23H,5-6,11-14H2,1-4H3. The first-order chi connectivity index (χ1) is 14.1. The zero-order valence-corrected chi connectivity index (χ0v) is 18.9. The van der Waals surface area contributed by atoms with Crippen molar-refractivity contribution in [3.63, 3.8) is 0 Å². The number of hydrogen-bond acceptors (Lipinski definition) is 5. The summed E-state index contributed by atoms with van der Waals surface area (Å²) in [4.78, 5) is 21.4. The summed E-state index contributed by atoms with van der Waals surface area (Å²) in [6, 6.07) is 5.37. The number of H-pyrrole nitrogens is 1. The Morgan fingerprint density at radius 3 is 2.17 bits per heavy atom. The quantitative estimate of drug-likeness (QED) is 0.788. The minimum absolute atomic E-state index is 0.0689. The minimum atomic E-state index is -3.52. The fourth-order valence-electron chi connectivity index (χ4n) is 6.20. The van der Waals surface area contributed by atoms with E-state index in [0.717, 1.165) is 42.6 Å². The van der Waals surface area contributed by atoms with Crippen LogP contribution in [0.25, 0.3) is 10.9 Å². The Bertz CT molecular complexity index is 1090. The number of fused-ring (bicyclic) bond motifs is 1. The minimum Gasteiger partial charge on any atom is -0.361 e. The number of nitrogens with one attached hydrogen (secondary N) is 1. The number of aromatic nitrogens is 1. The Kier molecular flexibility index (Phi) is 4.29. The predicted octanol–water partition coefficient (Wildman–Crippen LogP) is 2.42. The lowest BCUT2D eigenvalue weighted by Crippen LogP contribution is -2.75. The Morgan fingerprint density at radius 2 is 1.63 bits per heavy atom. The van der Waals surface area contributed by atoms with Crippen LogP contribution in [-0.4, -0.2) is 72.6 Å². The van der Waals surface area contributed by atoms with Gasteiger partial charge in [-0.15, -0.1) is 0 Å². The fourth-order valence-corrected chi connectivity index (χ4v) is 7.68. The number of aromatic amines is 1. The van der Waals surface area contributed by atoms with Gasteiger partial charge in [-0.25, -0.2) is 8.42 Å². The van der Waals surface area contributed by atoms with Crippen LogP contribution in [0.2, 0.25) is 0 Å². The maximum absolute atomic E-state index is 13.1. The Labute approximate surface area is 178 Å². The highest BCUT2D eigenvalue weighted by atomic mass is 32.2. The van der Waals surface area contributed by atoms with Crippen molar-refractivity contribution in [2.45, 2.75) is 38.8 Å². The number of sulfonamides is 1. The third kappa shape index (κ3) is 2.60. The summed E-state index contributed by atoms with van der Waals surface area (Å²) < 4.78 is 27.6. The van der Waals surface area contributed by atoms with E-state index in [1.165, 1.54) is 4.31 Å². The van der Waals surface area contributed by atoms with Crippen molar-refractivity contribution in [2.75, 3.05) is 39.3 Å². The van der Waals surface area contributed by atoms with Crippen LogP contribution in [0, 0.1) is 10.8 Å². The molecule has 2 aromatic rings. The van der Waals surface area contributed by atoms with Crippen molar-refractivity contribution >= 4 is 26.7 Å². The molecule has 0 amide bonds. The molecule has 4 fully saturated rings. The molecule has 0 radical (unpaired) electrons. The van der Waals surface area contributed by atoms with Gasteiger partial charge in [0.25, 0.3) is 0 Å². The lowest BCUT2D eigenvalue weighted by atomic mass is 9.62. The van der Waals surface area contributed by atoms with Crippen molar-refractivity contribution in [3.8, 4) is 0 Å². The van der Waals surface area contributed by atoms with Gasteiger partial charge in [0.15, 0.2) is 0 Å². The molecule has 1 aromatic carbocycles. The Morgan fingerprint density at radius 1 is 1.07 bits per heavy atom. The summed E-state index contributed by atoms with van der Waals surface area (Å²) in [5, 5.41) is 0.947. The molecule has 5 heterocycles. The maximum atomic E-state index is 13.1. The highest BCUT2D eigenvalue weighted by Crippen LogP contribution is 2.52. The molecule has 1 aromatic heterocycles. The molecule has 7 nitrogen and oxygen atoms in total. The molecule has 0 spiro atoms. The summed E-state index contributed by atoms with van der Waals surface area (Å²) >= 11 is 0. The van der Waals surface area contributed by atoms with Crippen molar-refractivity contribution in [1.82, 2.24) is 19.1 Å². The normalized spacial score (nSPS) is 35.6. The fraction of sp³-hybridized carbons (Fsp3) is 0.591. The third-order valence-corrected chi connectivity index (χ3v) is 9.35. The maximum Gasteiger partial charge on any atom is 0.243 e. The second kappa shape index (κ2) is 6.38. The molecular weight excluding hydrogens is 400 g/mol. The monoisotopic (exact) mass is 430 g/mol. The molecule has 4 bridgehead atoms. The van der Waals surface area contributed by atoms with E-state index in [1.54, 1.807) is 6.07 Å². The van der Waals surface area contributed by atoms with E-state index in [2.05, 4.69) is 28.6 Å². The summed E-state index contributed by atoms with van der Waals surface area (Å²) in [6.45, 7) is 11.8. The van der Waals surface area contributed by atoms with E-state index >= 15 is 0 Å². The van der Waals surface area contributed by atoms with E-state index < -0.39 is 10.0 Å². The third-order valence-electron chi connectivity index (χ3n) is 7.30. The van der Waals surface area contributed by atoms with Gasteiger partial charge >= 0.3 is 0 Å². The first-order valence-electron chi connectivity index (χ1n) is 10.8. The highest BCUT2D eigenvalue weighted by molar-refractivity contribution is 7.89. The number of nitrogens with zero attached hydrogens (tertiary/aromatic N) is 3. The number of carbonyl (C=O) groups is 1. The molecular formula is C22H30N4O3S. The van der Waals surface area contributed by atoms with Crippen LogP contribution in [0.1, 0.15) is 39.4 Å². The number of rotatable bonds is 5. The van der Waals surface area contributed by atoms with Crippen LogP contribution in [0.4, 0.5) is 0 Å². The van der Waals surface area contributed by atoms with Crippen molar-refractivity contribution in [3.05, 3.63) is 30.0 Å². The van der Waals surface area contributed by atoms with E-state index in [9.17, 15) is 13.2 Å². The van der Waals surface area contributed by atoms with Crippen LogP contribution >= 0.6 is 0 Å². The second-order valence-corrected chi connectivity index (χ2v) is 11.6. The highest BCUT2D eigenvalue weighted by Gasteiger charge is 2.62. The lowest BCUT2D eigenvalue weighted by molar-refractivity contribution is -0.196. The molecule has 0 aliphatic carbocycles. The molecule has 30 heavy (non-hydrogen) atoms. The van der Waals surface area contributed by atoms with E-state index in [-0.39, 0.29) is 17.0 Å². The van der Waals surface area contributed by atoms with Crippen molar-refractivity contribution in [2.24, 2.45) is 10.8 Å². The van der Waals surface area contributed by atoms with E-state index in [0.29, 0.717) is 23.8 Å². The van der Waals surface area contributed by atoms with Gasteiger partial charge in [-0.3, -0.25) is 14.6 Å². The van der Waals surface area contributed by atoms with Gasteiger partial charge in [-0.1, -0.05) is 27.7 Å². The van der Waals surface area contributed by atoms with Crippen LogP contribution in [0.15, 0.2) is 29.3 Å². The summed E-state index contributed by atoms with van der Waals surface area (Å²) in [7, 11) is -3.52. The summed E-state index contributed by atoms with van der Waals surface area (Å²) in [5.41, 5.74) is 1.41. The molecule has 1 N–H and O–H groups in total. The Hall–Kier alpha value is -1.74. The zero-order valence-electron chi connectivity index (χ0n) is 18.1. The molecule has 162 valence electrons. The molecule has 4 aliphatic heterocycles. The summed E-state index contributed by atoms with van der Waals surface area (Å²) in [6.07, 6.45) is 2.08. The number of carbonyl (C=O) groups excluding carboxylic acids is 1. The van der Waals surface area contributed by atoms with Crippen LogP contribution in [-0.2, 0) is 14.8 Å². The smallest absolute Gasteiger partial charge is 0.243 e. The number of Topliss-reactive ketones (excluding diaryl/α,β-unsaturated/α-hetero) is 1. The van der Waals surface area contributed by atoms with Gasteiger partial charge in [0.05, 0.1) is 21.9 Å². The van der Waals surface area contributed by atoms with Gasteiger partial charge in [0.1, 0.15) is 5.78 Å². The molecule has 0 unspecified atom stereocenters. The first kappa shape index (κ1) is 20.2. The number of hydrogen-bond donors (Lipinski definition) is 1. The molecule has 0 saturated carbocycles.